The number of hydrogen-bond acceptors (Lipinski definition) is 4. The van der Waals surface area contributed by atoms with Gasteiger partial charge in [-0.2, -0.15) is 16.8 Å². The summed E-state index contributed by atoms with van der Waals surface area (Å²) in [5, 5.41) is 0. The van der Waals surface area contributed by atoms with Gasteiger partial charge in [0.05, 0.1) is 11.5 Å². The van der Waals surface area contributed by atoms with Crippen molar-refractivity contribution in [1.82, 2.24) is 0 Å². The summed E-state index contributed by atoms with van der Waals surface area (Å²) in [7, 11) is -8.04. The predicted octanol–water partition coefficient (Wildman–Crippen LogP) is 3.55. The maximum absolute atomic E-state index is 10.1. The molecular weight excluding hydrogens is 328 g/mol. The minimum absolute atomic E-state index is 0.0125. The highest BCUT2D eigenvalue weighted by atomic mass is 32.2. The summed E-state index contributed by atoms with van der Waals surface area (Å²) in [6.07, 6.45) is 0.0250. The third-order valence-corrected chi connectivity index (χ3v) is 2.66. The lowest BCUT2D eigenvalue weighted by Crippen LogP contribution is -2.08. The lowest BCUT2D eigenvalue weighted by molar-refractivity contribution is 0.473. The second kappa shape index (κ2) is 31.8. The van der Waals surface area contributed by atoms with Crippen LogP contribution in [0.15, 0.2) is 65.8 Å². The van der Waals surface area contributed by atoms with Gasteiger partial charge in [0.15, 0.2) is 0 Å². The smallest absolute Gasteiger partial charge is 0.264 e. The molecule has 0 saturated carbocycles. The largest absolute Gasteiger partial charge is 0.286 e. The van der Waals surface area contributed by atoms with E-state index in [1.54, 1.807) is 0 Å². The van der Waals surface area contributed by atoms with E-state index in [2.05, 4.69) is 65.8 Å². The van der Waals surface area contributed by atoms with Crippen molar-refractivity contribution >= 4 is 20.2 Å². The first kappa shape index (κ1) is 37.1. The quantitative estimate of drug-likeness (QED) is 0.442. The summed E-state index contributed by atoms with van der Waals surface area (Å²) in [5.41, 5.74) is 0. The molecule has 0 aliphatic rings. The summed E-state index contributed by atoms with van der Waals surface area (Å²) < 4.78 is 56.8. The molecule has 8 heteroatoms. The summed E-state index contributed by atoms with van der Waals surface area (Å²) in [6.45, 7) is 30.0. The molecule has 0 heterocycles. The van der Waals surface area contributed by atoms with E-state index in [1.807, 2.05) is 0 Å². The van der Waals surface area contributed by atoms with Crippen molar-refractivity contribution in [3.05, 3.63) is 65.8 Å². The SMILES string of the molecule is C=C.C=C.C=C.C=C.C=C.O=S(=O)(O)CCCCS(=O)(=O)O. The van der Waals surface area contributed by atoms with Crippen LogP contribution in [0.3, 0.4) is 0 Å². The van der Waals surface area contributed by atoms with Gasteiger partial charge in [0.1, 0.15) is 0 Å². The first-order valence-electron chi connectivity index (χ1n) is 5.61. The zero-order valence-corrected chi connectivity index (χ0v) is 14.9. The zero-order valence-electron chi connectivity index (χ0n) is 13.2. The second-order valence-electron chi connectivity index (χ2n) is 2.28. The highest BCUT2D eigenvalue weighted by molar-refractivity contribution is 7.86. The molecule has 0 unspecified atom stereocenters. The van der Waals surface area contributed by atoms with Crippen molar-refractivity contribution < 1.29 is 25.9 Å². The van der Waals surface area contributed by atoms with Crippen LogP contribution in [0, 0.1) is 0 Å². The fraction of sp³-hybridized carbons (Fsp3) is 0.286. The molecule has 134 valence electrons. The Kier molecular flexibility index (Phi) is 53.5. The Labute approximate surface area is 136 Å². The fourth-order valence-electron chi connectivity index (χ4n) is 0.569. The van der Waals surface area contributed by atoms with E-state index in [-0.39, 0.29) is 12.8 Å². The van der Waals surface area contributed by atoms with Gasteiger partial charge >= 0.3 is 0 Å². The van der Waals surface area contributed by atoms with Crippen LogP contribution in [0.2, 0.25) is 0 Å². The molecule has 0 aromatic heterocycles. The average Bonchev–Trinajstić information content (AvgIpc) is 2.52. The summed E-state index contributed by atoms with van der Waals surface area (Å²) in [6, 6.07) is 0. The predicted molar refractivity (Wildman–Crippen MR) is 98.3 cm³/mol. The molecule has 0 aliphatic carbocycles. The van der Waals surface area contributed by atoms with Crippen LogP contribution in [-0.4, -0.2) is 37.4 Å². The van der Waals surface area contributed by atoms with Crippen LogP contribution in [0.25, 0.3) is 0 Å². The molecule has 0 amide bonds. The van der Waals surface area contributed by atoms with Crippen molar-refractivity contribution in [3.63, 3.8) is 0 Å². The van der Waals surface area contributed by atoms with Gasteiger partial charge in [0.2, 0.25) is 0 Å². The van der Waals surface area contributed by atoms with Crippen molar-refractivity contribution in [1.29, 1.82) is 0 Å². The molecule has 0 bridgehead atoms. The van der Waals surface area contributed by atoms with Gasteiger partial charge in [-0.1, -0.05) is 0 Å². The van der Waals surface area contributed by atoms with E-state index in [9.17, 15) is 16.8 Å². The van der Waals surface area contributed by atoms with Gasteiger partial charge in [0, 0.05) is 0 Å². The van der Waals surface area contributed by atoms with E-state index >= 15 is 0 Å². The van der Waals surface area contributed by atoms with Crippen LogP contribution in [0.4, 0.5) is 0 Å². The topological polar surface area (TPSA) is 109 Å². The highest BCUT2D eigenvalue weighted by Crippen LogP contribution is 1.96. The van der Waals surface area contributed by atoms with Crippen LogP contribution in [-0.2, 0) is 20.2 Å². The minimum Gasteiger partial charge on any atom is -0.286 e. The van der Waals surface area contributed by atoms with Crippen LogP contribution in [0.1, 0.15) is 12.8 Å². The second-order valence-corrected chi connectivity index (χ2v) is 5.42. The molecule has 6 nitrogen and oxygen atoms in total. The summed E-state index contributed by atoms with van der Waals surface area (Å²) in [4.78, 5) is 0. The molecule has 0 spiro atoms. The van der Waals surface area contributed by atoms with E-state index < -0.39 is 31.7 Å². The molecule has 0 aliphatic heterocycles. The highest BCUT2D eigenvalue weighted by Gasteiger charge is 2.07. The minimum atomic E-state index is -4.02. The van der Waals surface area contributed by atoms with Gasteiger partial charge < -0.3 is 0 Å². The number of rotatable bonds is 5. The monoisotopic (exact) mass is 358 g/mol. The molecule has 0 radical (unpaired) electrons. The van der Waals surface area contributed by atoms with Gasteiger partial charge in [-0.3, -0.25) is 9.11 Å². The number of hydrogen-bond donors (Lipinski definition) is 2. The molecule has 22 heavy (non-hydrogen) atoms. The lowest BCUT2D eigenvalue weighted by atomic mass is 10.4. The molecule has 0 aromatic rings. The van der Waals surface area contributed by atoms with E-state index in [4.69, 9.17) is 9.11 Å². The molecule has 0 saturated heterocycles. The normalized spacial score (nSPS) is 8.09. The van der Waals surface area contributed by atoms with Gasteiger partial charge in [-0.15, -0.1) is 65.8 Å². The Morgan fingerprint density at radius 3 is 0.727 bits per heavy atom. The molecule has 0 fully saturated rings. The van der Waals surface area contributed by atoms with Crippen molar-refractivity contribution in [2.75, 3.05) is 11.5 Å². The summed E-state index contributed by atoms with van der Waals surface area (Å²) in [5.74, 6) is -0.967. The first-order valence-corrected chi connectivity index (χ1v) is 8.83. The number of unbranched alkanes of at least 4 members (excludes halogenated alkanes) is 1. The standard InChI is InChI=1S/C4H10O6S2.5C2H4/c5-11(6,7)3-1-2-4-12(8,9)10;5*1-2/h1-4H2,(H,5,6,7)(H,8,9,10);5*1-2H2. The lowest BCUT2D eigenvalue weighted by Gasteiger charge is -1.96. The van der Waals surface area contributed by atoms with Crippen LogP contribution < -0.4 is 0 Å². The Morgan fingerprint density at radius 2 is 0.636 bits per heavy atom. The van der Waals surface area contributed by atoms with E-state index in [0.29, 0.717) is 0 Å². The van der Waals surface area contributed by atoms with Crippen molar-refractivity contribution in [2.45, 2.75) is 12.8 Å². The fourth-order valence-corrected chi connectivity index (χ4v) is 1.71. The Balaban J connectivity index is -0.0000000540. The third kappa shape index (κ3) is 101. The van der Waals surface area contributed by atoms with Crippen molar-refractivity contribution in [2.24, 2.45) is 0 Å². The average molecular weight is 359 g/mol. The van der Waals surface area contributed by atoms with Gasteiger partial charge in [-0.05, 0) is 12.8 Å². The molecule has 0 atom stereocenters. The summed E-state index contributed by atoms with van der Waals surface area (Å²) >= 11 is 0. The molecular formula is C14H30O6S2. The first-order chi connectivity index (χ1) is 10.2. The van der Waals surface area contributed by atoms with Crippen LogP contribution >= 0.6 is 0 Å². The van der Waals surface area contributed by atoms with Gasteiger partial charge in [0.25, 0.3) is 20.2 Å². The maximum Gasteiger partial charge on any atom is 0.264 e. The van der Waals surface area contributed by atoms with Crippen LogP contribution in [0.5, 0.6) is 0 Å². The Bertz CT molecular complexity index is 342. The Hall–Kier alpha value is -1.48. The zero-order chi connectivity index (χ0) is 19.8. The van der Waals surface area contributed by atoms with E-state index in [0.717, 1.165) is 0 Å². The molecule has 0 rings (SSSR count). The Morgan fingerprint density at radius 1 is 0.500 bits per heavy atom. The van der Waals surface area contributed by atoms with Gasteiger partial charge in [-0.25, -0.2) is 0 Å². The molecule has 2 N–H and O–H groups in total. The molecule has 0 aromatic carbocycles. The van der Waals surface area contributed by atoms with E-state index in [1.165, 1.54) is 0 Å². The maximum atomic E-state index is 10.1. The van der Waals surface area contributed by atoms with Crippen molar-refractivity contribution in [3.8, 4) is 0 Å². The third-order valence-electron chi connectivity index (χ3n) is 1.05.